The van der Waals surface area contributed by atoms with Crippen LogP contribution >= 0.6 is 0 Å². The van der Waals surface area contributed by atoms with Gasteiger partial charge in [-0.05, 0) is 12.8 Å². The fraction of sp³-hybridized carbons (Fsp3) is 0.667. The van der Waals surface area contributed by atoms with Crippen LogP contribution in [-0.4, -0.2) is 32.2 Å². The number of quaternary nitrogens is 1. The van der Waals surface area contributed by atoms with E-state index in [1.807, 2.05) is 6.92 Å². The Morgan fingerprint density at radius 3 is 2.53 bits per heavy atom. The molecule has 17 heavy (non-hydrogen) atoms. The summed E-state index contributed by atoms with van der Waals surface area (Å²) in [6, 6.07) is 0. The van der Waals surface area contributed by atoms with Crippen molar-refractivity contribution in [2.45, 2.75) is 26.7 Å². The van der Waals surface area contributed by atoms with E-state index in [1.165, 1.54) is 7.11 Å². The van der Waals surface area contributed by atoms with Gasteiger partial charge in [0, 0.05) is 5.57 Å². The lowest BCUT2D eigenvalue weighted by Gasteiger charge is -2.09. The molecule has 1 unspecified atom stereocenters. The third-order valence-electron chi connectivity index (χ3n) is 2.34. The summed E-state index contributed by atoms with van der Waals surface area (Å²) in [6.45, 7) is 4.54. The molecule has 0 aromatic carbocycles. The summed E-state index contributed by atoms with van der Waals surface area (Å²) in [7, 11) is 1.35. The normalized spacial score (nSPS) is 13.1. The van der Waals surface area contributed by atoms with E-state index in [9.17, 15) is 9.59 Å². The van der Waals surface area contributed by atoms with Crippen LogP contribution in [0.4, 0.5) is 0 Å². The van der Waals surface area contributed by atoms with Gasteiger partial charge in [0.25, 0.3) is 0 Å². The molecule has 0 spiro atoms. The fourth-order valence-corrected chi connectivity index (χ4v) is 1.23. The van der Waals surface area contributed by atoms with Crippen LogP contribution in [-0.2, 0) is 19.1 Å². The minimum absolute atomic E-state index is 0.257. The van der Waals surface area contributed by atoms with Crippen molar-refractivity contribution in [1.82, 2.24) is 0 Å². The first-order chi connectivity index (χ1) is 8.06. The standard InChI is InChI=1S/C12H21NO4/c1-4-10(12(15)16-3)6-5-9(2)11(14)17-8-7-13/h6,9H,4-5,7-8,13H2,1-3H3/p+1. The maximum Gasteiger partial charge on any atom is 0.333 e. The van der Waals surface area contributed by atoms with Gasteiger partial charge in [0.2, 0.25) is 0 Å². The summed E-state index contributed by atoms with van der Waals surface area (Å²) in [4.78, 5) is 22.7. The van der Waals surface area contributed by atoms with Gasteiger partial charge in [0.05, 0.1) is 13.0 Å². The summed E-state index contributed by atoms with van der Waals surface area (Å²) >= 11 is 0. The molecule has 0 aromatic heterocycles. The molecule has 0 fully saturated rings. The van der Waals surface area contributed by atoms with E-state index in [0.29, 0.717) is 31.6 Å². The molecule has 0 saturated heterocycles. The van der Waals surface area contributed by atoms with Crippen molar-refractivity contribution in [3.63, 3.8) is 0 Å². The number of hydrogen-bond acceptors (Lipinski definition) is 4. The molecule has 5 heteroatoms. The molecule has 0 aromatic rings. The zero-order chi connectivity index (χ0) is 13.3. The molecule has 0 aliphatic rings. The molecule has 1 atom stereocenters. The number of carbonyl (C=O) groups excluding carboxylic acids is 2. The molecule has 0 amide bonds. The summed E-state index contributed by atoms with van der Waals surface area (Å²) in [6.07, 6.45) is 2.81. The third kappa shape index (κ3) is 6.06. The fourth-order valence-electron chi connectivity index (χ4n) is 1.23. The number of methoxy groups -OCH3 is 1. The first-order valence-electron chi connectivity index (χ1n) is 5.80. The Morgan fingerprint density at radius 2 is 2.06 bits per heavy atom. The second kappa shape index (κ2) is 8.75. The molecule has 98 valence electrons. The van der Waals surface area contributed by atoms with Crippen LogP contribution in [0.25, 0.3) is 0 Å². The lowest BCUT2D eigenvalue weighted by molar-refractivity contribution is -0.372. The average molecular weight is 244 g/mol. The van der Waals surface area contributed by atoms with E-state index in [4.69, 9.17) is 4.74 Å². The molecule has 0 saturated carbocycles. The summed E-state index contributed by atoms with van der Waals surface area (Å²) in [5, 5.41) is 0. The van der Waals surface area contributed by atoms with Crippen molar-refractivity contribution in [2.24, 2.45) is 5.92 Å². The predicted octanol–water partition coefficient (Wildman–Crippen LogP) is 0.307. The van der Waals surface area contributed by atoms with Gasteiger partial charge in [0.1, 0.15) is 13.2 Å². The van der Waals surface area contributed by atoms with Crippen molar-refractivity contribution in [3.8, 4) is 0 Å². The highest BCUT2D eigenvalue weighted by Gasteiger charge is 2.14. The summed E-state index contributed by atoms with van der Waals surface area (Å²) in [5.41, 5.74) is 4.18. The molecule has 0 bridgehead atoms. The number of hydrogen-bond donors (Lipinski definition) is 1. The Hall–Kier alpha value is -1.36. The van der Waals surface area contributed by atoms with Gasteiger partial charge < -0.3 is 15.2 Å². The van der Waals surface area contributed by atoms with E-state index < -0.39 is 0 Å². The topological polar surface area (TPSA) is 80.2 Å². The Kier molecular flexibility index (Phi) is 8.05. The monoisotopic (exact) mass is 244 g/mol. The third-order valence-corrected chi connectivity index (χ3v) is 2.34. The maximum absolute atomic E-state index is 11.4. The quantitative estimate of drug-likeness (QED) is 0.516. The molecular formula is C12H22NO4+. The first-order valence-corrected chi connectivity index (χ1v) is 5.80. The lowest BCUT2D eigenvalue weighted by atomic mass is 10.0. The first kappa shape index (κ1) is 15.6. The molecule has 0 aliphatic heterocycles. The SMILES string of the molecule is CCC(=CCC(C)C(=O)OCC[NH3+])C(=O)OC. The highest BCUT2D eigenvalue weighted by atomic mass is 16.5. The van der Waals surface area contributed by atoms with Crippen LogP contribution in [0.2, 0.25) is 0 Å². The predicted molar refractivity (Wildman–Crippen MR) is 62.9 cm³/mol. The number of ether oxygens (including phenoxy) is 2. The Morgan fingerprint density at radius 1 is 1.41 bits per heavy atom. The Labute approximate surface area is 102 Å². The minimum atomic E-state index is -0.342. The van der Waals surface area contributed by atoms with Crippen LogP contribution in [0.5, 0.6) is 0 Å². The number of rotatable bonds is 7. The molecule has 0 aliphatic carbocycles. The van der Waals surface area contributed by atoms with Gasteiger partial charge in [-0.2, -0.15) is 0 Å². The molecule has 0 radical (unpaired) electrons. The zero-order valence-electron chi connectivity index (χ0n) is 10.8. The number of allylic oxidation sites excluding steroid dienone is 1. The highest BCUT2D eigenvalue weighted by Crippen LogP contribution is 2.11. The van der Waals surface area contributed by atoms with Gasteiger partial charge in [0.15, 0.2) is 0 Å². The second-order valence-corrected chi connectivity index (χ2v) is 3.73. The van der Waals surface area contributed by atoms with E-state index in [0.717, 1.165) is 0 Å². The van der Waals surface area contributed by atoms with Gasteiger partial charge in [-0.1, -0.05) is 19.9 Å². The van der Waals surface area contributed by atoms with Crippen molar-refractivity contribution in [3.05, 3.63) is 11.6 Å². The van der Waals surface area contributed by atoms with Crippen molar-refractivity contribution < 1.29 is 24.8 Å². The second-order valence-electron chi connectivity index (χ2n) is 3.73. The summed E-state index contributed by atoms with van der Waals surface area (Å²) in [5.74, 6) is -0.858. The van der Waals surface area contributed by atoms with Crippen LogP contribution < -0.4 is 5.73 Å². The van der Waals surface area contributed by atoms with Crippen molar-refractivity contribution in [1.29, 1.82) is 0 Å². The van der Waals surface area contributed by atoms with E-state index >= 15 is 0 Å². The highest BCUT2D eigenvalue weighted by molar-refractivity contribution is 5.88. The minimum Gasteiger partial charge on any atom is -0.466 e. The molecule has 3 N–H and O–H groups in total. The van der Waals surface area contributed by atoms with Crippen LogP contribution in [0, 0.1) is 5.92 Å². The van der Waals surface area contributed by atoms with Crippen LogP contribution in [0.1, 0.15) is 26.7 Å². The molecular weight excluding hydrogens is 222 g/mol. The zero-order valence-corrected chi connectivity index (χ0v) is 10.8. The number of carbonyl (C=O) groups is 2. The van der Waals surface area contributed by atoms with Gasteiger partial charge in [-0.3, -0.25) is 4.79 Å². The van der Waals surface area contributed by atoms with Crippen molar-refractivity contribution >= 4 is 11.9 Å². The van der Waals surface area contributed by atoms with E-state index in [-0.39, 0.29) is 17.9 Å². The average Bonchev–Trinajstić information content (AvgIpc) is 2.35. The number of esters is 2. The summed E-state index contributed by atoms with van der Waals surface area (Å²) < 4.78 is 9.59. The van der Waals surface area contributed by atoms with Gasteiger partial charge in [-0.15, -0.1) is 0 Å². The lowest BCUT2D eigenvalue weighted by Crippen LogP contribution is -2.52. The Bertz CT molecular complexity index is 286. The Balaban J connectivity index is 4.27. The molecule has 5 nitrogen and oxygen atoms in total. The van der Waals surface area contributed by atoms with Crippen molar-refractivity contribution in [2.75, 3.05) is 20.3 Å². The van der Waals surface area contributed by atoms with Gasteiger partial charge >= 0.3 is 11.9 Å². The smallest absolute Gasteiger partial charge is 0.333 e. The maximum atomic E-state index is 11.4. The molecule has 0 rings (SSSR count). The molecule has 0 heterocycles. The van der Waals surface area contributed by atoms with Gasteiger partial charge in [-0.25, -0.2) is 4.79 Å². The van der Waals surface area contributed by atoms with Crippen LogP contribution in [0.3, 0.4) is 0 Å². The van der Waals surface area contributed by atoms with E-state index in [2.05, 4.69) is 10.5 Å². The van der Waals surface area contributed by atoms with Crippen LogP contribution in [0.15, 0.2) is 11.6 Å². The van der Waals surface area contributed by atoms with E-state index in [1.54, 1.807) is 13.0 Å². The largest absolute Gasteiger partial charge is 0.466 e.